The molecular weight excluding hydrogens is 208 g/mol. The number of carbonyl (C=O) groups is 2. The van der Waals surface area contributed by atoms with Crippen molar-refractivity contribution in [3.05, 3.63) is 40.5 Å². The van der Waals surface area contributed by atoms with Gasteiger partial charge in [0.1, 0.15) is 6.26 Å². The fourth-order valence-electron chi connectivity index (χ4n) is 1.63. The molecule has 16 heavy (non-hydrogen) atoms. The molecule has 0 aliphatic heterocycles. The molecule has 0 bridgehead atoms. The van der Waals surface area contributed by atoms with E-state index in [9.17, 15) is 9.59 Å². The number of aldehydes is 1. The SMILES string of the molecule is Cc1[nH]c(C(=O)c2cnoc2)c(C)c1C=O. The second-order valence-corrected chi connectivity index (χ2v) is 3.52. The number of nitrogens with zero attached hydrogens (tertiary/aromatic N) is 1. The maximum Gasteiger partial charge on any atom is 0.214 e. The van der Waals surface area contributed by atoms with Gasteiger partial charge >= 0.3 is 0 Å². The summed E-state index contributed by atoms with van der Waals surface area (Å²) in [4.78, 5) is 25.7. The van der Waals surface area contributed by atoms with Gasteiger partial charge in [0.15, 0.2) is 6.29 Å². The van der Waals surface area contributed by atoms with Crippen molar-refractivity contribution in [2.24, 2.45) is 0 Å². The number of carbonyl (C=O) groups excluding carboxylic acids is 2. The zero-order valence-electron chi connectivity index (χ0n) is 8.90. The Balaban J connectivity index is 2.50. The Morgan fingerprint density at radius 1 is 1.50 bits per heavy atom. The monoisotopic (exact) mass is 218 g/mol. The van der Waals surface area contributed by atoms with Crippen LogP contribution in [0.15, 0.2) is 17.0 Å². The largest absolute Gasteiger partial charge is 0.364 e. The van der Waals surface area contributed by atoms with Gasteiger partial charge in [0.05, 0.1) is 17.5 Å². The summed E-state index contributed by atoms with van der Waals surface area (Å²) in [6.45, 7) is 3.48. The minimum Gasteiger partial charge on any atom is -0.364 e. The van der Waals surface area contributed by atoms with E-state index < -0.39 is 0 Å². The van der Waals surface area contributed by atoms with Gasteiger partial charge in [-0.15, -0.1) is 0 Å². The lowest BCUT2D eigenvalue weighted by molar-refractivity contribution is 0.103. The lowest BCUT2D eigenvalue weighted by Gasteiger charge is -1.95. The highest BCUT2D eigenvalue weighted by atomic mass is 16.5. The third-order valence-electron chi connectivity index (χ3n) is 2.53. The smallest absolute Gasteiger partial charge is 0.214 e. The van der Waals surface area contributed by atoms with Gasteiger partial charge in [-0.25, -0.2) is 0 Å². The van der Waals surface area contributed by atoms with Crippen LogP contribution in [0.2, 0.25) is 0 Å². The molecule has 0 amide bonds. The van der Waals surface area contributed by atoms with Crippen LogP contribution in [0.5, 0.6) is 0 Å². The van der Waals surface area contributed by atoms with Crippen LogP contribution in [0.4, 0.5) is 0 Å². The summed E-state index contributed by atoms with van der Waals surface area (Å²) in [6.07, 6.45) is 3.36. The van der Waals surface area contributed by atoms with Crippen LogP contribution < -0.4 is 0 Å². The zero-order chi connectivity index (χ0) is 11.7. The molecule has 2 aromatic rings. The van der Waals surface area contributed by atoms with Crippen molar-refractivity contribution in [2.75, 3.05) is 0 Å². The maximum atomic E-state index is 12.0. The first-order valence-electron chi connectivity index (χ1n) is 4.73. The highest BCUT2D eigenvalue weighted by Crippen LogP contribution is 2.18. The molecule has 0 atom stereocenters. The summed E-state index contributed by atoms with van der Waals surface area (Å²) in [5.41, 5.74) is 2.63. The maximum absolute atomic E-state index is 12.0. The quantitative estimate of drug-likeness (QED) is 0.628. The van der Waals surface area contributed by atoms with Crippen LogP contribution in [-0.2, 0) is 0 Å². The number of hydrogen-bond acceptors (Lipinski definition) is 4. The third-order valence-corrected chi connectivity index (χ3v) is 2.53. The summed E-state index contributed by atoms with van der Waals surface area (Å²) >= 11 is 0. The number of hydrogen-bond donors (Lipinski definition) is 1. The molecule has 0 aliphatic rings. The van der Waals surface area contributed by atoms with Crippen molar-refractivity contribution in [2.45, 2.75) is 13.8 Å². The van der Waals surface area contributed by atoms with E-state index in [1.54, 1.807) is 13.8 Å². The van der Waals surface area contributed by atoms with Crippen molar-refractivity contribution in [3.8, 4) is 0 Å². The van der Waals surface area contributed by atoms with Gasteiger partial charge in [0.25, 0.3) is 0 Å². The first-order chi connectivity index (χ1) is 7.65. The van der Waals surface area contributed by atoms with E-state index in [-0.39, 0.29) is 5.78 Å². The van der Waals surface area contributed by atoms with Crippen LogP contribution in [0.1, 0.15) is 37.7 Å². The lowest BCUT2D eigenvalue weighted by Crippen LogP contribution is -2.02. The van der Waals surface area contributed by atoms with Crippen LogP contribution in [0, 0.1) is 13.8 Å². The molecule has 0 spiro atoms. The predicted molar refractivity (Wildman–Crippen MR) is 55.6 cm³/mol. The lowest BCUT2D eigenvalue weighted by atomic mass is 10.1. The van der Waals surface area contributed by atoms with Gasteiger partial charge in [0.2, 0.25) is 5.78 Å². The zero-order valence-corrected chi connectivity index (χ0v) is 8.90. The average molecular weight is 218 g/mol. The Bertz CT molecular complexity index is 538. The number of nitrogens with one attached hydrogen (secondary N) is 1. The standard InChI is InChI=1S/C11H10N2O3/c1-6-9(4-14)7(2)13-10(6)11(15)8-3-12-16-5-8/h3-5,13H,1-2H3. The molecule has 2 heterocycles. The molecule has 0 fully saturated rings. The molecular formula is C11H10N2O3. The van der Waals surface area contributed by atoms with E-state index in [4.69, 9.17) is 0 Å². The molecule has 0 saturated heterocycles. The van der Waals surface area contributed by atoms with Crippen molar-refractivity contribution >= 4 is 12.1 Å². The fourth-order valence-corrected chi connectivity index (χ4v) is 1.63. The Hall–Kier alpha value is -2.17. The number of rotatable bonds is 3. The highest BCUT2D eigenvalue weighted by molar-refractivity contribution is 6.09. The van der Waals surface area contributed by atoms with Gasteiger partial charge in [-0.2, -0.15) is 0 Å². The van der Waals surface area contributed by atoms with Gasteiger partial charge in [-0.3, -0.25) is 9.59 Å². The molecule has 0 unspecified atom stereocenters. The minimum absolute atomic E-state index is 0.227. The van der Waals surface area contributed by atoms with Gasteiger partial charge < -0.3 is 9.51 Å². The van der Waals surface area contributed by atoms with Crippen LogP contribution >= 0.6 is 0 Å². The summed E-state index contributed by atoms with van der Waals surface area (Å²) in [7, 11) is 0. The molecule has 2 rings (SSSR count). The van der Waals surface area contributed by atoms with Crippen molar-refractivity contribution < 1.29 is 14.1 Å². The average Bonchev–Trinajstić information content (AvgIpc) is 2.86. The first kappa shape index (κ1) is 10.4. The number of aromatic amines is 1. The number of aryl methyl sites for hydroxylation is 1. The molecule has 0 aromatic carbocycles. The van der Waals surface area contributed by atoms with E-state index in [1.165, 1.54) is 12.5 Å². The predicted octanol–water partition coefficient (Wildman–Crippen LogP) is 1.66. The summed E-state index contributed by atoms with van der Waals surface area (Å²) in [5, 5.41) is 3.47. The van der Waals surface area contributed by atoms with Crippen molar-refractivity contribution in [1.82, 2.24) is 10.1 Å². The Labute approximate surface area is 91.4 Å². The van der Waals surface area contributed by atoms with Gasteiger partial charge in [0, 0.05) is 11.3 Å². The van der Waals surface area contributed by atoms with E-state index in [2.05, 4.69) is 14.7 Å². The molecule has 2 aromatic heterocycles. The van der Waals surface area contributed by atoms with E-state index in [1.807, 2.05) is 0 Å². The van der Waals surface area contributed by atoms with Crippen LogP contribution in [0.3, 0.4) is 0 Å². The number of H-pyrrole nitrogens is 1. The van der Waals surface area contributed by atoms with Gasteiger partial charge in [-0.1, -0.05) is 5.16 Å². The van der Waals surface area contributed by atoms with E-state index >= 15 is 0 Å². The second-order valence-electron chi connectivity index (χ2n) is 3.52. The second kappa shape index (κ2) is 3.77. The molecule has 82 valence electrons. The molecule has 5 nitrogen and oxygen atoms in total. The Kier molecular flexibility index (Phi) is 2.44. The van der Waals surface area contributed by atoms with Crippen LogP contribution in [0.25, 0.3) is 0 Å². The van der Waals surface area contributed by atoms with E-state index in [0.29, 0.717) is 28.1 Å². The third kappa shape index (κ3) is 1.46. The Morgan fingerprint density at radius 2 is 2.25 bits per heavy atom. The number of ketones is 1. The molecule has 0 aliphatic carbocycles. The van der Waals surface area contributed by atoms with Gasteiger partial charge in [-0.05, 0) is 19.4 Å². The first-order valence-corrected chi connectivity index (χ1v) is 4.73. The minimum atomic E-state index is -0.227. The summed E-state index contributed by atoms with van der Waals surface area (Å²) < 4.78 is 4.61. The van der Waals surface area contributed by atoms with E-state index in [0.717, 1.165) is 6.29 Å². The summed E-state index contributed by atoms with van der Waals surface area (Å²) in [5.74, 6) is -0.227. The van der Waals surface area contributed by atoms with Crippen molar-refractivity contribution in [1.29, 1.82) is 0 Å². The highest BCUT2D eigenvalue weighted by Gasteiger charge is 2.19. The normalized spacial score (nSPS) is 10.4. The molecule has 1 N–H and O–H groups in total. The van der Waals surface area contributed by atoms with Crippen LogP contribution in [-0.4, -0.2) is 22.2 Å². The number of aromatic nitrogens is 2. The van der Waals surface area contributed by atoms with Crippen molar-refractivity contribution in [3.63, 3.8) is 0 Å². The summed E-state index contributed by atoms with van der Waals surface area (Å²) in [6, 6.07) is 0. The topological polar surface area (TPSA) is 76.0 Å². The fraction of sp³-hybridized carbons (Fsp3) is 0.182. The molecule has 0 saturated carbocycles. The molecule has 0 radical (unpaired) electrons. The Morgan fingerprint density at radius 3 is 2.75 bits per heavy atom. The molecule has 5 heteroatoms.